The molecule has 0 aliphatic rings. The van der Waals surface area contributed by atoms with Crippen molar-refractivity contribution in [1.82, 2.24) is 0 Å². The number of rotatable bonds is 6. The molecule has 0 bridgehead atoms. The van der Waals surface area contributed by atoms with Crippen LogP contribution in [-0.2, 0) is 11.4 Å². The van der Waals surface area contributed by atoms with E-state index in [1.807, 2.05) is 42.5 Å². The molecule has 0 aromatic heterocycles. The molecule has 0 saturated carbocycles. The number of carboxylic acid groups (broad SMARTS) is 1. The Bertz CT molecular complexity index is 930. The summed E-state index contributed by atoms with van der Waals surface area (Å²) in [7, 11) is 0. The van der Waals surface area contributed by atoms with Crippen LogP contribution < -0.4 is 4.74 Å². The topological polar surface area (TPSA) is 66.8 Å². The molecule has 0 spiro atoms. The van der Waals surface area contributed by atoms with Crippen molar-refractivity contribution < 1.29 is 19.7 Å². The van der Waals surface area contributed by atoms with E-state index in [4.69, 9.17) is 4.74 Å². The molecule has 0 amide bonds. The van der Waals surface area contributed by atoms with Crippen LogP contribution in [0.4, 0.5) is 0 Å². The summed E-state index contributed by atoms with van der Waals surface area (Å²) in [6.07, 6.45) is 1.56. The van der Waals surface area contributed by atoms with Gasteiger partial charge in [-0.1, -0.05) is 54.6 Å². The van der Waals surface area contributed by atoms with Crippen LogP contribution in [0.2, 0.25) is 0 Å². The number of aromatic hydroxyl groups is 1. The Morgan fingerprint density at radius 3 is 2.42 bits per heavy atom. The summed E-state index contributed by atoms with van der Waals surface area (Å²) in [6, 6.07) is 23.2. The largest absolute Gasteiger partial charge is 0.508 e. The lowest BCUT2D eigenvalue weighted by atomic mass is 10.0. The number of carbonyl (C=O) groups is 1. The zero-order chi connectivity index (χ0) is 18.4. The molecule has 0 atom stereocenters. The lowest BCUT2D eigenvalue weighted by Crippen LogP contribution is -1.99. The molecule has 0 radical (unpaired) electrons. The summed E-state index contributed by atoms with van der Waals surface area (Å²) in [6.45, 7) is 0.437. The normalized spacial score (nSPS) is 11.2. The number of ether oxygens (including phenoxy) is 1. The second-order valence-electron chi connectivity index (χ2n) is 5.76. The van der Waals surface area contributed by atoms with Gasteiger partial charge in [0, 0.05) is 0 Å². The maximum Gasteiger partial charge on any atom is 0.336 e. The van der Waals surface area contributed by atoms with Gasteiger partial charge in [-0.2, -0.15) is 0 Å². The number of hydrogen-bond acceptors (Lipinski definition) is 3. The first-order valence-electron chi connectivity index (χ1n) is 8.13. The SMILES string of the molecule is O=C(O)/C(=C\c1cccc(OCc2ccccc2)c1)c1cccc(O)c1. The fourth-order valence-corrected chi connectivity index (χ4v) is 2.54. The summed E-state index contributed by atoms with van der Waals surface area (Å²) in [4.78, 5) is 11.6. The number of hydrogen-bond donors (Lipinski definition) is 2. The van der Waals surface area contributed by atoms with E-state index in [2.05, 4.69) is 0 Å². The van der Waals surface area contributed by atoms with Gasteiger partial charge in [-0.3, -0.25) is 0 Å². The van der Waals surface area contributed by atoms with Gasteiger partial charge in [0.15, 0.2) is 0 Å². The Labute approximate surface area is 151 Å². The zero-order valence-corrected chi connectivity index (χ0v) is 14.0. The molecule has 26 heavy (non-hydrogen) atoms. The van der Waals surface area contributed by atoms with Crippen molar-refractivity contribution in [2.24, 2.45) is 0 Å². The molecule has 0 fully saturated rings. The summed E-state index contributed by atoms with van der Waals surface area (Å²) in [5.41, 5.74) is 2.30. The minimum Gasteiger partial charge on any atom is -0.508 e. The summed E-state index contributed by atoms with van der Waals surface area (Å²) in [5, 5.41) is 19.1. The maximum atomic E-state index is 11.6. The van der Waals surface area contributed by atoms with Gasteiger partial charge >= 0.3 is 5.97 Å². The van der Waals surface area contributed by atoms with Crippen LogP contribution in [-0.4, -0.2) is 16.2 Å². The summed E-state index contributed by atoms with van der Waals surface area (Å²) < 4.78 is 5.78. The van der Waals surface area contributed by atoms with Crippen LogP contribution >= 0.6 is 0 Å². The van der Waals surface area contributed by atoms with Gasteiger partial charge in [0.05, 0.1) is 5.57 Å². The minimum absolute atomic E-state index is 0.0228. The Balaban J connectivity index is 1.83. The van der Waals surface area contributed by atoms with E-state index in [-0.39, 0.29) is 11.3 Å². The number of benzene rings is 3. The van der Waals surface area contributed by atoms with Crippen molar-refractivity contribution in [3.63, 3.8) is 0 Å². The lowest BCUT2D eigenvalue weighted by molar-refractivity contribution is -0.130. The zero-order valence-electron chi connectivity index (χ0n) is 14.0. The van der Waals surface area contributed by atoms with E-state index >= 15 is 0 Å². The first-order valence-corrected chi connectivity index (χ1v) is 8.13. The predicted octanol–water partition coefficient (Wildman–Crippen LogP) is 4.60. The van der Waals surface area contributed by atoms with Crippen LogP contribution in [0.15, 0.2) is 78.9 Å². The highest BCUT2D eigenvalue weighted by atomic mass is 16.5. The molecule has 0 heterocycles. The monoisotopic (exact) mass is 346 g/mol. The predicted molar refractivity (Wildman–Crippen MR) is 101 cm³/mol. The summed E-state index contributed by atoms with van der Waals surface area (Å²) in [5.74, 6) is -0.385. The van der Waals surface area contributed by atoms with Crippen molar-refractivity contribution in [1.29, 1.82) is 0 Å². The molecule has 2 N–H and O–H groups in total. The number of aliphatic carboxylic acids is 1. The Hall–Kier alpha value is -3.53. The molecular weight excluding hydrogens is 328 g/mol. The van der Waals surface area contributed by atoms with Gasteiger partial charge in [-0.05, 0) is 47.0 Å². The third-order valence-corrected chi connectivity index (χ3v) is 3.80. The van der Waals surface area contributed by atoms with Gasteiger partial charge in [-0.25, -0.2) is 4.79 Å². The third kappa shape index (κ3) is 4.51. The highest BCUT2D eigenvalue weighted by Gasteiger charge is 2.11. The Morgan fingerprint density at radius 1 is 0.923 bits per heavy atom. The third-order valence-electron chi connectivity index (χ3n) is 3.80. The number of phenols is 1. The van der Waals surface area contributed by atoms with Gasteiger partial charge < -0.3 is 14.9 Å². The molecular formula is C22H18O4. The second kappa shape index (κ2) is 8.03. The molecule has 0 unspecified atom stereocenters. The molecule has 0 saturated heterocycles. The number of carboxylic acids is 1. The van der Waals surface area contributed by atoms with Crippen molar-refractivity contribution in [2.45, 2.75) is 6.61 Å². The highest BCUT2D eigenvalue weighted by molar-refractivity contribution is 6.20. The van der Waals surface area contributed by atoms with Crippen LogP contribution in [0.1, 0.15) is 16.7 Å². The van der Waals surface area contributed by atoms with E-state index < -0.39 is 5.97 Å². The second-order valence-corrected chi connectivity index (χ2v) is 5.76. The Morgan fingerprint density at radius 2 is 1.69 bits per heavy atom. The maximum absolute atomic E-state index is 11.6. The van der Waals surface area contributed by atoms with Crippen molar-refractivity contribution in [3.05, 3.63) is 95.6 Å². The van der Waals surface area contributed by atoms with Gasteiger partial charge in [0.2, 0.25) is 0 Å². The fourth-order valence-electron chi connectivity index (χ4n) is 2.54. The first kappa shape index (κ1) is 17.3. The molecule has 4 heteroatoms. The fraction of sp³-hybridized carbons (Fsp3) is 0.0455. The highest BCUT2D eigenvalue weighted by Crippen LogP contribution is 2.24. The van der Waals surface area contributed by atoms with Crippen molar-refractivity contribution in [2.75, 3.05) is 0 Å². The molecule has 4 nitrogen and oxygen atoms in total. The van der Waals surface area contributed by atoms with Crippen molar-refractivity contribution in [3.8, 4) is 11.5 Å². The van der Waals surface area contributed by atoms with E-state index in [1.54, 1.807) is 30.3 Å². The lowest BCUT2D eigenvalue weighted by Gasteiger charge is -2.08. The Kier molecular flexibility index (Phi) is 5.34. The van der Waals surface area contributed by atoms with Crippen molar-refractivity contribution >= 4 is 17.6 Å². The molecule has 3 aromatic carbocycles. The minimum atomic E-state index is -1.06. The van der Waals surface area contributed by atoms with E-state index in [0.29, 0.717) is 23.5 Å². The van der Waals surface area contributed by atoms with Crippen LogP contribution in [0.5, 0.6) is 11.5 Å². The first-order chi connectivity index (χ1) is 12.6. The summed E-state index contributed by atoms with van der Waals surface area (Å²) >= 11 is 0. The van der Waals surface area contributed by atoms with Gasteiger partial charge in [0.25, 0.3) is 0 Å². The average molecular weight is 346 g/mol. The van der Waals surface area contributed by atoms with Crippen LogP contribution in [0.3, 0.4) is 0 Å². The van der Waals surface area contributed by atoms with Gasteiger partial charge in [-0.15, -0.1) is 0 Å². The van der Waals surface area contributed by atoms with E-state index in [0.717, 1.165) is 5.56 Å². The van der Waals surface area contributed by atoms with E-state index in [9.17, 15) is 15.0 Å². The van der Waals surface area contributed by atoms with Crippen LogP contribution in [0, 0.1) is 0 Å². The molecule has 3 rings (SSSR count). The molecule has 0 aliphatic heterocycles. The quantitative estimate of drug-likeness (QED) is 0.506. The standard InChI is InChI=1S/C22H18O4/c23-19-10-5-9-18(14-19)21(22(24)25)13-17-8-4-11-20(12-17)26-15-16-6-2-1-3-7-16/h1-14,23H,15H2,(H,24,25)/b21-13-. The molecule has 3 aromatic rings. The smallest absolute Gasteiger partial charge is 0.336 e. The molecule has 0 aliphatic carbocycles. The molecule has 130 valence electrons. The van der Waals surface area contributed by atoms with Gasteiger partial charge in [0.1, 0.15) is 18.1 Å². The van der Waals surface area contributed by atoms with Crippen LogP contribution in [0.25, 0.3) is 11.6 Å². The average Bonchev–Trinajstić information content (AvgIpc) is 2.65. The number of phenolic OH excluding ortho intramolecular Hbond substituents is 1. The van der Waals surface area contributed by atoms with E-state index in [1.165, 1.54) is 12.1 Å².